The van der Waals surface area contributed by atoms with Gasteiger partial charge in [-0.3, -0.25) is 14.5 Å². The van der Waals surface area contributed by atoms with Crippen molar-refractivity contribution >= 4 is 11.8 Å². The summed E-state index contributed by atoms with van der Waals surface area (Å²) < 4.78 is 0. The van der Waals surface area contributed by atoms with Gasteiger partial charge >= 0.3 is 0 Å². The van der Waals surface area contributed by atoms with E-state index in [1.165, 1.54) is 24.0 Å². The summed E-state index contributed by atoms with van der Waals surface area (Å²) in [5.74, 6) is 0.380. The van der Waals surface area contributed by atoms with Crippen molar-refractivity contribution < 1.29 is 9.59 Å². The summed E-state index contributed by atoms with van der Waals surface area (Å²) >= 11 is 0. The molecular formula is C29H37N3O2. The molecular weight excluding hydrogens is 422 g/mol. The number of hydrogen-bond acceptors (Lipinski definition) is 3. The van der Waals surface area contributed by atoms with Gasteiger partial charge in [-0.05, 0) is 69.3 Å². The highest BCUT2D eigenvalue weighted by molar-refractivity contribution is 5.96. The van der Waals surface area contributed by atoms with Crippen LogP contribution in [-0.4, -0.2) is 58.2 Å². The normalized spacial score (nSPS) is 23.6. The van der Waals surface area contributed by atoms with Crippen LogP contribution in [0.25, 0.3) is 0 Å². The zero-order chi connectivity index (χ0) is 23.5. The first-order valence-electron chi connectivity index (χ1n) is 13.1. The van der Waals surface area contributed by atoms with Crippen molar-refractivity contribution in [2.24, 2.45) is 0 Å². The topological polar surface area (TPSA) is 43.9 Å². The Morgan fingerprint density at radius 1 is 0.882 bits per heavy atom. The molecule has 0 spiro atoms. The van der Waals surface area contributed by atoms with E-state index < -0.39 is 0 Å². The van der Waals surface area contributed by atoms with Crippen LogP contribution in [0.3, 0.4) is 0 Å². The molecule has 2 amide bonds. The van der Waals surface area contributed by atoms with Crippen LogP contribution in [0, 0.1) is 6.92 Å². The van der Waals surface area contributed by atoms with Gasteiger partial charge in [0.05, 0.1) is 12.1 Å². The standard InChI is InChI=1S/C29H37N3O2/c1-22-9-8-10-23(19-22)20-32-27-15-18-31(26(27)13-4-5-14-28(32)33)29(34)25-12-3-2-11-24(25)21-30-16-6-7-17-30/h2-3,8-12,19,26-27H,4-7,13-18,20-21H2,1H3/t26-,27+/m0/s1. The Morgan fingerprint density at radius 2 is 1.71 bits per heavy atom. The maximum atomic E-state index is 13.9. The molecule has 2 aromatic carbocycles. The van der Waals surface area contributed by atoms with Crippen LogP contribution < -0.4 is 0 Å². The highest BCUT2D eigenvalue weighted by Crippen LogP contribution is 2.33. The summed E-state index contributed by atoms with van der Waals surface area (Å²) in [6.07, 6.45) is 6.85. The van der Waals surface area contributed by atoms with E-state index in [1.54, 1.807) is 0 Å². The summed E-state index contributed by atoms with van der Waals surface area (Å²) in [7, 11) is 0. The van der Waals surface area contributed by atoms with Crippen LogP contribution in [-0.2, 0) is 17.9 Å². The fourth-order valence-electron chi connectivity index (χ4n) is 6.18. The van der Waals surface area contributed by atoms with Crippen LogP contribution >= 0.6 is 0 Å². The zero-order valence-electron chi connectivity index (χ0n) is 20.4. The Balaban J connectivity index is 1.38. The quantitative estimate of drug-likeness (QED) is 0.647. The SMILES string of the molecule is Cc1cccc(CN2C(=O)CCCC[C@H]3[C@H]2CCN3C(=O)c2ccccc2CN2CCCC2)c1. The van der Waals surface area contributed by atoms with E-state index in [0.717, 1.165) is 63.0 Å². The number of aryl methyl sites for hydroxylation is 1. The molecule has 0 bridgehead atoms. The average molecular weight is 460 g/mol. The second kappa shape index (κ2) is 10.3. The van der Waals surface area contributed by atoms with E-state index in [9.17, 15) is 9.59 Å². The maximum Gasteiger partial charge on any atom is 0.254 e. The number of benzene rings is 2. The lowest BCUT2D eigenvalue weighted by Gasteiger charge is -2.37. The predicted octanol–water partition coefficient (Wildman–Crippen LogP) is 4.78. The number of likely N-dealkylation sites (tertiary alicyclic amines) is 3. The minimum absolute atomic E-state index is 0.0985. The van der Waals surface area contributed by atoms with Crippen molar-refractivity contribution in [1.29, 1.82) is 0 Å². The Hall–Kier alpha value is -2.66. The fourth-order valence-corrected chi connectivity index (χ4v) is 6.18. The molecule has 3 saturated heterocycles. The van der Waals surface area contributed by atoms with Gasteiger partial charge in [-0.1, -0.05) is 54.4 Å². The molecule has 180 valence electrons. The molecule has 3 fully saturated rings. The molecule has 0 N–H and O–H groups in total. The molecule has 0 radical (unpaired) electrons. The summed E-state index contributed by atoms with van der Waals surface area (Å²) in [5.41, 5.74) is 4.37. The van der Waals surface area contributed by atoms with E-state index in [-0.39, 0.29) is 23.9 Å². The van der Waals surface area contributed by atoms with Gasteiger partial charge in [0.2, 0.25) is 5.91 Å². The number of carbonyl (C=O) groups is 2. The zero-order valence-corrected chi connectivity index (χ0v) is 20.4. The molecule has 2 aromatic rings. The van der Waals surface area contributed by atoms with Crippen LogP contribution in [0.5, 0.6) is 0 Å². The lowest BCUT2D eigenvalue weighted by atomic mass is 9.95. The molecule has 3 heterocycles. The van der Waals surface area contributed by atoms with Crippen molar-refractivity contribution in [3.05, 3.63) is 70.8 Å². The Bertz CT molecular complexity index is 1030. The van der Waals surface area contributed by atoms with Gasteiger partial charge in [0, 0.05) is 31.6 Å². The fraction of sp³-hybridized carbons (Fsp3) is 0.517. The van der Waals surface area contributed by atoms with E-state index >= 15 is 0 Å². The largest absolute Gasteiger partial charge is 0.334 e. The smallest absolute Gasteiger partial charge is 0.254 e. The summed E-state index contributed by atoms with van der Waals surface area (Å²) in [6, 6.07) is 16.8. The Labute approximate surface area is 203 Å². The summed E-state index contributed by atoms with van der Waals surface area (Å²) in [6.45, 7) is 6.54. The van der Waals surface area contributed by atoms with Crippen LogP contribution in [0.4, 0.5) is 0 Å². The summed E-state index contributed by atoms with van der Waals surface area (Å²) in [5, 5.41) is 0. The van der Waals surface area contributed by atoms with Gasteiger partial charge in [-0.2, -0.15) is 0 Å². The van der Waals surface area contributed by atoms with E-state index in [4.69, 9.17) is 0 Å². The first-order valence-corrected chi connectivity index (χ1v) is 13.1. The maximum absolute atomic E-state index is 13.9. The van der Waals surface area contributed by atoms with E-state index in [1.807, 2.05) is 18.2 Å². The third-order valence-corrected chi connectivity index (χ3v) is 7.91. The van der Waals surface area contributed by atoms with Gasteiger partial charge in [-0.25, -0.2) is 0 Å². The van der Waals surface area contributed by atoms with Gasteiger partial charge in [-0.15, -0.1) is 0 Å². The predicted molar refractivity (Wildman–Crippen MR) is 134 cm³/mol. The lowest BCUT2D eigenvalue weighted by molar-refractivity contribution is -0.135. The molecule has 5 heteroatoms. The molecule has 2 atom stereocenters. The molecule has 5 rings (SSSR count). The molecule has 0 saturated carbocycles. The second-order valence-electron chi connectivity index (χ2n) is 10.3. The molecule has 0 aromatic heterocycles. The Morgan fingerprint density at radius 3 is 2.53 bits per heavy atom. The highest BCUT2D eigenvalue weighted by atomic mass is 16.2. The van der Waals surface area contributed by atoms with Crippen molar-refractivity contribution in [3.63, 3.8) is 0 Å². The third-order valence-electron chi connectivity index (χ3n) is 7.91. The first-order chi connectivity index (χ1) is 16.6. The minimum Gasteiger partial charge on any atom is -0.334 e. The molecule has 0 unspecified atom stereocenters. The number of amides is 2. The Kier molecular flexibility index (Phi) is 7.00. The van der Waals surface area contributed by atoms with Crippen molar-refractivity contribution in [2.75, 3.05) is 19.6 Å². The van der Waals surface area contributed by atoms with Crippen LogP contribution in [0.15, 0.2) is 48.5 Å². The molecule has 5 nitrogen and oxygen atoms in total. The summed E-state index contributed by atoms with van der Waals surface area (Å²) in [4.78, 5) is 33.7. The molecule has 0 aliphatic carbocycles. The number of nitrogens with zero attached hydrogens (tertiary/aromatic N) is 3. The lowest BCUT2D eigenvalue weighted by Crippen LogP contribution is -2.50. The van der Waals surface area contributed by atoms with E-state index in [0.29, 0.717) is 13.0 Å². The van der Waals surface area contributed by atoms with Gasteiger partial charge in [0.25, 0.3) is 5.91 Å². The average Bonchev–Trinajstić information content (AvgIpc) is 3.49. The number of hydrogen-bond donors (Lipinski definition) is 0. The van der Waals surface area contributed by atoms with Crippen LogP contribution in [0.2, 0.25) is 0 Å². The minimum atomic E-state index is 0.0985. The van der Waals surface area contributed by atoms with Gasteiger partial charge in [0.1, 0.15) is 0 Å². The molecule has 3 aliphatic heterocycles. The third kappa shape index (κ3) is 4.90. The van der Waals surface area contributed by atoms with Gasteiger partial charge in [0.15, 0.2) is 0 Å². The van der Waals surface area contributed by atoms with Crippen LogP contribution in [0.1, 0.15) is 72.0 Å². The van der Waals surface area contributed by atoms with Crippen molar-refractivity contribution in [1.82, 2.24) is 14.7 Å². The van der Waals surface area contributed by atoms with Gasteiger partial charge < -0.3 is 9.80 Å². The van der Waals surface area contributed by atoms with Crippen molar-refractivity contribution in [3.8, 4) is 0 Å². The second-order valence-corrected chi connectivity index (χ2v) is 10.3. The van der Waals surface area contributed by atoms with E-state index in [2.05, 4.69) is 52.0 Å². The molecule has 34 heavy (non-hydrogen) atoms. The number of rotatable bonds is 5. The first kappa shape index (κ1) is 23.1. The number of carbonyl (C=O) groups excluding carboxylic acids is 2. The monoisotopic (exact) mass is 459 g/mol. The molecule has 3 aliphatic rings. The van der Waals surface area contributed by atoms with Crippen molar-refractivity contribution in [2.45, 2.75) is 77.0 Å². The highest BCUT2D eigenvalue weighted by Gasteiger charge is 2.42. The number of fused-ring (bicyclic) bond motifs is 1.